The van der Waals surface area contributed by atoms with Crippen LogP contribution in [0.3, 0.4) is 0 Å². The molecule has 2 aliphatic rings. The first kappa shape index (κ1) is 11.4. The van der Waals surface area contributed by atoms with Crippen LogP contribution in [-0.2, 0) is 0 Å². The van der Waals surface area contributed by atoms with Gasteiger partial charge >= 0.3 is 0 Å². The summed E-state index contributed by atoms with van der Waals surface area (Å²) in [6.07, 6.45) is 7.06. The Labute approximate surface area is 94.4 Å². The highest BCUT2D eigenvalue weighted by Gasteiger charge is 2.25. The first-order valence-corrected chi connectivity index (χ1v) is 6.74. The molecule has 0 spiro atoms. The van der Waals surface area contributed by atoms with Crippen LogP contribution in [0.5, 0.6) is 0 Å². The molecule has 0 aromatic carbocycles. The van der Waals surface area contributed by atoms with E-state index in [-0.39, 0.29) is 0 Å². The standard InChI is InChI=1S/C13H26N2/c1-11-4-3-5-12(2)15(11)9-7-13-6-8-14-10-13/h11-14H,3-10H2,1-2H3. The summed E-state index contributed by atoms with van der Waals surface area (Å²) in [5.41, 5.74) is 0. The predicted molar refractivity (Wildman–Crippen MR) is 65.1 cm³/mol. The van der Waals surface area contributed by atoms with E-state index in [9.17, 15) is 0 Å². The Balaban J connectivity index is 1.75. The van der Waals surface area contributed by atoms with Gasteiger partial charge in [-0.3, -0.25) is 4.90 Å². The molecule has 2 heteroatoms. The molecule has 0 aliphatic carbocycles. The Morgan fingerprint density at radius 2 is 1.87 bits per heavy atom. The van der Waals surface area contributed by atoms with Gasteiger partial charge in [-0.1, -0.05) is 6.42 Å². The van der Waals surface area contributed by atoms with Crippen LogP contribution in [0.1, 0.15) is 46.0 Å². The summed E-state index contributed by atoms with van der Waals surface area (Å²) in [7, 11) is 0. The van der Waals surface area contributed by atoms with Crippen molar-refractivity contribution in [2.75, 3.05) is 19.6 Å². The van der Waals surface area contributed by atoms with Crippen LogP contribution in [0.4, 0.5) is 0 Å². The van der Waals surface area contributed by atoms with Crippen LogP contribution >= 0.6 is 0 Å². The summed E-state index contributed by atoms with van der Waals surface area (Å²) in [5.74, 6) is 0.950. The van der Waals surface area contributed by atoms with Crippen molar-refractivity contribution >= 4 is 0 Å². The number of hydrogen-bond donors (Lipinski definition) is 1. The Morgan fingerprint density at radius 1 is 1.13 bits per heavy atom. The van der Waals surface area contributed by atoms with Crippen LogP contribution in [0.15, 0.2) is 0 Å². The van der Waals surface area contributed by atoms with E-state index in [0.29, 0.717) is 0 Å². The van der Waals surface area contributed by atoms with Gasteiger partial charge in [0.25, 0.3) is 0 Å². The first-order chi connectivity index (χ1) is 7.27. The van der Waals surface area contributed by atoms with Gasteiger partial charge in [0.15, 0.2) is 0 Å². The zero-order valence-corrected chi connectivity index (χ0v) is 10.3. The van der Waals surface area contributed by atoms with Gasteiger partial charge in [-0.2, -0.15) is 0 Å². The predicted octanol–water partition coefficient (Wildman–Crippen LogP) is 2.25. The molecule has 1 N–H and O–H groups in total. The zero-order chi connectivity index (χ0) is 10.7. The Kier molecular flexibility index (Phi) is 4.04. The summed E-state index contributed by atoms with van der Waals surface area (Å²) in [6, 6.07) is 1.64. The van der Waals surface area contributed by atoms with Crippen LogP contribution in [0.2, 0.25) is 0 Å². The number of rotatable bonds is 3. The highest BCUT2D eigenvalue weighted by molar-refractivity contribution is 4.81. The second-order valence-corrected chi connectivity index (χ2v) is 5.51. The minimum absolute atomic E-state index is 0.822. The largest absolute Gasteiger partial charge is 0.316 e. The lowest BCUT2D eigenvalue weighted by Crippen LogP contribution is -2.44. The summed E-state index contributed by atoms with van der Waals surface area (Å²) in [6.45, 7) is 8.65. The Morgan fingerprint density at radius 3 is 2.47 bits per heavy atom. The number of nitrogens with one attached hydrogen (secondary N) is 1. The monoisotopic (exact) mass is 210 g/mol. The molecular weight excluding hydrogens is 184 g/mol. The fraction of sp³-hybridized carbons (Fsp3) is 1.00. The maximum Gasteiger partial charge on any atom is 0.00697 e. The average molecular weight is 210 g/mol. The van der Waals surface area contributed by atoms with Gasteiger partial charge in [0.1, 0.15) is 0 Å². The molecule has 2 nitrogen and oxygen atoms in total. The molecule has 2 heterocycles. The first-order valence-electron chi connectivity index (χ1n) is 6.74. The maximum absolute atomic E-state index is 3.46. The number of piperidine rings is 1. The second kappa shape index (κ2) is 5.31. The second-order valence-electron chi connectivity index (χ2n) is 5.51. The fourth-order valence-corrected chi connectivity index (χ4v) is 3.21. The lowest BCUT2D eigenvalue weighted by molar-refractivity contribution is 0.0969. The number of likely N-dealkylation sites (tertiary alicyclic amines) is 1. The molecule has 88 valence electrons. The molecule has 0 saturated carbocycles. The van der Waals surface area contributed by atoms with E-state index in [1.807, 2.05) is 0 Å². The Hall–Kier alpha value is -0.0800. The van der Waals surface area contributed by atoms with Crippen molar-refractivity contribution in [3.05, 3.63) is 0 Å². The molecule has 2 aliphatic heterocycles. The van der Waals surface area contributed by atoms with Gasteiger partial charge in [-0.25, -0.2) is 0 Å². The topological polar surface area (TPSA) is 15.3 Å². The molecule has 0 aromatic rings. The van der Waals surface area contributed by atoms with Gasteiger partial charge in [0.2, 0.25) is 0 Å². The van der Waals surface area contributed by atoms with E-state index in [2.05, 4.69) is 24.1 Å². The van der Waals surface area contributed by atoms with Crippen molar-refractivity contribution in [2.24, 2.45) is 5.92 Å². The maximum atomic E-state index is 3.46. The molecule has 2 rings (SSSR count). The quantitative estimate of drug-likeness (QED) is 0.768. The van der Waals surface area contributed by atoms with E-state index in [4.69, 9.17) is 0 Å². The molecule has 15 heavy (non-hydrogen) atoms. The van der Waals surface area contributed by atoms with Gasteiger partial charge in [0.05, 0.1) is 0 Å². The van der Waals surface area contributed by atoms with Crippen molar-refractivity contribution in [1.29, 1.82) is 0 Å². The molecule has 0 amide bonds. The normalized spacial score (nSPS) is 38.4. The van der Waals surface area contributed by atoms with Crippen LogP contribution in [-0.4, -0.2) is 36.6 Å². The van der Waals surface area contributed by atoms with Gasteiger partial charge in [-0.05, 0) is 65.1 Å². The van der Waals surface area contributed by atoms with Crippen molar-refractivity contribution in [3.63, 3.8) is 0 Å². The van der Waals surface area contributed by atoms with E-state index in [1.54, 1.807) is 0 Å². The van der Waals surface area contributed by atoms with E-state index >= 15 is 0 Å². The molecule has 2 fully saturated rings. The minimum Gasteiger partial charge on any atom is -0.316 e. The van der Waals surface area contributed by atoms with Crippen molar-refractivity contribution < 1.29 is 0 Å². The lowest BCUT2D eigenvalue weighted by Gasteiger charge is -2.39. The molecule has 3 atom stereocenters. The minimum atomic E-state index is 0.822. The van der Waals surface area contributed by atoms with E-state index in [1.165, 1.54) is 51.7 Å². The molecule has 0 radical (unpaired) electrons. The smallest absolute Gasteiger partial charge is 0.00697 e. The van der Waals surface area contributed by atoms with Gasteiger partial charge in [-0.15, -0.1) is 0 Å². The highest BCUT2D eigenvalue weighted by Crippen LogP contribution is 2.24. The molecule has 3 unspecified atom stereocenters. The van der Waals surface area contributed by atoms with Gasteiger partial charge < -0.3 is 5.32 Å². The van der Waals surface area contributed by atoms with E-state index in [0.717, 1.165) is 18.0 Å². The van der Waals surface area contributed by atoms with Gasteiger partial charge in [0, 0.05) is 12.1 Å². The summed E-state index contributed by atoms with van der Waals surface area (Å²) in [4.78, 5) is 2.74. The van der Waals surface area contributed by atoms with Crippen molar-refractivity contribution in [3.8, 4) is 0 Å². The highest BCUT2D eigenvalue weighted by atomic mass is 15.2. The molecule has 2 saturated heterocycles. The summed E-state index contributed by atoms with van der Waals surface area (Å²) < 4.78 is 0. The third-order valence-corrected chi connectivity index (χ3v) is 4.33. The molecular formula is C13H26N2. The average Bonchev–Trinajstić information content (AvgIpc) is 2.70. The van der Waals surface area contributed by atoms with Crippen molar-refractivity contribution in [2.45, 2.75) is 58.0 Å². The third kappa shape index (κ3) is 2.94. The summed E-state index contributed by atoms with van der Waals surface area (Å²) >= 11 is 0. The number of nitrogens with zero attached hydrogens (tertiary/aromatic N) is 1. The number of hydrogen-bond acceptors (Lipinski definition) is 2. The lowest BCUT2D eigenvalue weighted by atomic mass is 9.96. The zero-order valence-electron chi connectivity index (χ0n) is 10.3. The third-order valence-electron chi connectivity index (χ3n) is 4.33. The van der Waals surface area contributed by atoms with Crippen molar-refractivity contribution in [1.82, 2.24) is 10.2 Å². The van der Waals surface area contributed by atoms with Crippen LogP contribution in [0, 0.1) is 5.92 Å². The van der Waals surface area contributed by atoms with E-state index < -0.39 is 0 Å². The Bertz CT molecular complexity index is 177. The SMILES string of the molecule is CC1CCCC(C)N1CCC1CCNC1. The molecule has 0 aromatic heterocycles. The molecule has 0 bridgehead atoms. The van der Waals surface area contributed by atoms with Crippen LogP contribution < -0.4 is 5.32 Å². The van der Waals surface area contributed by atoms with Crippen LogP contribution in [0.25, 0.3) is 0 Å². The fourth-order valence-electron chi connectivity index (χ4n) is 3.21. The summed E-state index contributed by atoms with van der Waals surface area (Å²) in [5, 5.41) is 3.46.